The Morgan fingerprint density at radius 2 is 1.95 bits per heavy atom. The lowest BCUT2D eigenvalue weighted by atomic mass is 9.83. The van der Waals surface area contributed by atoms with E-state index in [1.165, 1.54) is 31.2 Å². The number of nitrogens with two attached hydrogens (primary N) is 1. The molecular formula is C18H26N2O. The van der Waals surface area contributed by atoms with Gasteiger partial charge in [0.2, 0.25) is 5.91 Å². The van der Waals surface area contributed by atoms with Gasteiger partial charge < -0.3 is 5.73 Å². The number of rotatable bonds is 5. The first kappa shape index (κ1) is 14.6. The van der Waals surface area contributed by atoms with E-state index in [1.54, 1.807) is 0 Å². The molecular weight excluding hydrogens is 260 g/mol. The minimum atomic E-state index is -0.148. The maximum Gasteiger partial charge on any atom is 0.220 e. The molecule has 21 heavy (non-hydrogen) atoms. The molecule has 3 heteroatoms. The zero-order valence-corrected chi connectivity index (χ0v) is 12.9. The predicted octanol–water partition coefficient (Wildman–Crippen LogP) is 2.94. The molecule has 1 aromatic carbocycles. The summed E-state index contributed by atoms with van der Waals surface area (Å²) < 4.78 is 0. The summed E-state index contributed by atoms with van der Waals surface area (Å²) in [5, 5.41) is 0. The number of carbonyl (C=O) groups excluding carboxylic acids is 1. The summed E-state index contributed by atoms with van der Waals surface area (Å²) in [7, 11) is 0. The minimum absolute atomic E-state index is 0.00530. The lowest BCUT2D eigenvalue weighted by molar-refractivity contribution is -0.122. The molecule has 0 aliphatic carbocycles. The van der Waals surface area contributed by atoms with Crippen LogP contribution in [-0.4, -0.2) is 22.9 Å². The molecule has 2 N–H and O–H groups in total. The molecule has 0 aromatic heterocycles. The first-order valence-corrected chi connectivity index (χ1v) is 8.24. The Hall–Kier alpha value is -1.35. The molecule has 1 aromatic rings. The molecule has 1 amide bonds. The van der Waals surface area contributed by atoms with Gasteiger partial charge in [0.05, 0.1) is 0 Å². The average Bonchev–Trinajstić information content (AvgIpc) is 2.75. The van der Waals surface area contributed by atoms with Crippen LogP contribution in [-0.2, 0) is 11.3 Å². The second-order valence-corrected chi connectivity index (χ2v) is 6.83. The Balaban J connectivity index is 1.69. The van der Waals surface area contributed by atoms with Gasteiger partial charge in [-0.2, -0.15) is 0 Å². The third-order valence-electron chi connectivity index (χ3n) is 5.46. The fourth-order valence-corrected chi connectivity index (χ4v) is 4.27. The van der Waals surface area contributed by atoms with Crippen LogP contribution in [0.2, 0.25) is 0 Å². The van der Waals surface area contributed by atoms with Gasteiger partial charge in [0.15, 0.2) is 0 Å². The molecule has 4 unspecified atom stereocenters. The van der Waals surface area contributed by atoms with Gasteiger partial charge in [0.1, 0.15) is 0 Å². The van der Waals surface area contributed by atoms with Gasteiger partial charge in [-0.3, -0.25) is 9.69 Å². The highest BCUT2D eigenvalue weighted by atomic mass is 16.1. The van der Waals surface area contributed by atoms with Crippen LogP contribution < -0.4 is 5.73 Å². The lowest BCUT2D eigenvalue weighted by Gasteiger charge is -2.41. The topological polar surface area (TPSA) is 46.3 Å². The summed E-state index contributed by atoms with van der Waals surface area (Å²) >= 11 is 0. The first-order chi connectivity index (χ1) is 10.1. The van der Waals surface area contributed by atoms with Gasteiger partial charge in [-0.15, -0.1) is 0 Å². The molecule has 0 radical (unpaired) electrons. The van der Waals surface area contributed by atoms with Crippen LogP contribution in [0.15, 0.2) is 30.3 Å². The number of primary amides is 1. The van der Waals surface area contributed by atoms with Crippen LogP contribution in [0.4, 0.5) is 0 Å². The van der Waals surface area contributed by atoms with Crippen molar-refractivity contribution in [3.63, 3.8) is 0 Å². The van der Waals surface area contributed by atoms with E-state index in [1.807, 2.05) is 6.92 Å². The number of piperidine rings is 1. The van der Waals surface area contributed by atoms with Gasteiger partial charge in [0.25, 0.3) is 0 Å². The van der Waals surface area contributed by atoms with Crippen molar-refractivity contribution in [2.45, 2.75) is 57.7 Å². The Kier molecular flexibility index (Phi) is 4.29. The molecule has 4 atom stereocenters. The SMILES string of the molecule is CC(CC1CCC2CCC1N2Cc1ccccc1)C(N)=O. The summed E-state index contributed by atoms with van der Waals surface area (Å²) in [5.41, 5.74) is 6.86. The number of hydrogen-bond donors (Lipinski definition) is 1. The van der Waals surface area contributed by atoms with Crippen molar-refractivity contribution in [3.05, 3.63) is 35.9 Å². The summed E-state index contributed by atoms with van der Waals surface area (Å²) in [5.74, 6) is 0.491. The van der Waals surface area contributed by atoms with Crippen LogP contribution >= 0.6 is 0 Å². The van der Waals surface area contributed by atoms with Crippen molar-refractivity contribution in [3.8, 4) is 0 Å². The summed E-state index contributed by atoms with van der Waals surface area (Å²) in [4.78, 5) is 14.1. The van der Waals surface area contributed by atoms with Crippen molar-refractivity contribution in [1.82, 2.24) is 4.90 Å². The molecule has 3 nitrogen and oxygen atoms in total. The van der Waals surface area contributed by atoms with Gasteiger partial charge in [0, 0.05) is 24.5 Å². The molecule has 2 heterocycles. The predicted molar refractivity (Wildman–Crippen MR) is 84.5 cm³/mol. The molecule has 3 rings (SSSR count). The lowest BCUT2D eigenvalue weighted by Crippen LogP contribution is -2.45. The van der Waals surface area contributed by atoms with Crippen LogP contribution in [0.3, 0.4) is 0 Å². The number of fused-ring (bicyclic) bond motifs is 2. The van der Waals surface area contributed by atoms with E-state index < -0.39 is 0 Å². The molecule has 2 aliphatic rings. The van der Waals surface area contributed by atoms with E-state index in [4.69, 9.17) is 5.73 Å². The molecule has 0 spiro atoms. The van der Waals surface area contributed by atoms with Gasteiger partial charge >= 0.3 is 0 Å². The van der Waals surface area contributed by atoms with E-state index >= 15 is 0 Å². The molecule has 114 valence electrons. The van der Waals surface area contributed by atoms with E-state index in [-0.39, 0.29) is 11.8 Å². The minimum Gasteiger partial charge on any atom is -0.369 e. The van der Waals surface area contributed by atoms with E-state index in [0.29, 0.717) is 12.0 Å². The number of benzene rings is 1. The fourth-order valence-electron chi connectivity index (χ4n) is 4.27. The third kappa shape index (κ3) is 3.13. The molecule has 2 saturated heterocycles. The van der Waals surface area contributed by atoms with Crippen molar-refractivity contribution in [2.75, 3.05) is 0 Å². The van der Waals surface area contributed by atoms with E-state index in [2.05, 4.69) is 35.2 Å². The van der Waals surface area contributed by atoms with Crippen molar-refractivity contribution >= 4 is 5.91 Å². The van der Waals surface area contributed by atoms with Gasteiger partial charge in [-0.1, -0.05) is 37.3 Å². The number of amides is 1. The Labute approximate surface area is 127 Å². The highest BCUT2D eigenvalue weighted by molar-refractivity contribution is 5.76. The largest absolute Gasteiger partial charge is 0.369 e. The standard InChI is InChI=1S/C18H26N2O/c1-13(18(19)21)11-15-7-8-16-9-10-17(15)20(16)12-14-5-3-2-4-6-14/h2-6,13,15-17H,7-12H2,1H3,(H2,19,21). The number of hydrogen-bond acceptors (Lipinski definition) is 2. The molecule has 2 aliphatic heterocycles. The first-order valence-electron chi connectivity index (χ1n) is 8.24. The monoisotopic (exact) mass is 286 g/mol. The van der Waals surface area contributed by atoms with Crippen molar-refractivity contribution < 1.29 is 4.79 Å². The summed E-state index contributed by atoms with van der Waals surface area (Å²) in [6.07, 6.45) is 6.10. The fraction of sp³-hybridized carbons (Fsp3) is 0.611. The normalized spacial score (nSPS) is 30.2. The smallest absolute Gasteiger partial charge is 0.220 e. The average molecular weight is 286 g/mol. The zero-order valence-electron chi connectivity index (χ0n) is 12.9. The molecule has 2 fully saturated rings. The van der Waals surface area contributed by atoms with E-state index in [0.717, 1.165) is 19.0 Å². The van der Waals surface area contributed by atoms with Crippen molar-refractivity contribution in [1.29, 1.82) is 0 Å². The maximum absolute atomic E-state index is 11.4. The Bertz CT molecular complexity index is 487. The summed E-state index contributed by atoms with van der Waals surface area (Å²) in [6, 6.07) is 12.1. The number of nitrogens with zero attached hydrogens (tertiary/aromatic N) is 1. The second-order valence-electron chi connectivity index (χ2n) is 6.83. The maximum atomic E-state index is 11.4. The quantitative estimate of drug-likeness (QED) is 0.904. The van der Waals surface area contributed by atoms with Crippen molar-refractivity contribution in [2.24, 2.45) is 17.6 Å². The van der Waals surface area contributed by atoms with Gasteiger partial charge in [-0.25, -0.2) is 0 Å². The highest BCUT2D eigenvalue weighted by Gasteiger charge is 2.42. The Morgan fingerprint density at radius 1 is 1.24 bits per heavy atom. The molecule has 2 bridgehead atoms. The summed E-state index contributed by atoms with van der Waals surface area (Å²) in [6.45, 7) is 3.03. The zero-order chi connectivity index (χ0) is 14.8. The van der Waals surface area contributed by atoms with E-state index in [9.17, 15) is 4.79 Å². The second kappa shape index (κ2) is 6.18. The van der Waals surface area contributed by atoms with Crippen LogP contribution in [0.5, 0.6) is 0 Å². The van der Waals surface area contributed by atoms with Crippen LogP contribution in [0.25, 0.3) is 0 Å². The van der Waals surface area contributed by atoms with Gasteiger partial charge in [-0.05, 0) is 43.6 Å². The number of carbonyl (C=O) groups is 1. The Morgan fingerprint density at radius 3 is 2.67 bits per heavy atom. The third-order valence-corrected chi connectivity index (χ3v) is 5.46. The molecule has 0 saturated carbocycles. The van der Waals surface area contributed by atoms with Crippen LogP contribution in [0, 0.1) is 11.8 Å². The highest BCUT2D eigenvalue weighted by Crippen LogP contribution is 2.42. The van der Waals surface area contributed by atoms with Crippen LogP contribution in [0.1, 0.15) is 44.6 Å².